The number of benzene rings is 2. The van der Waals surface area contributed by atoms with Gasteiger partial charge in [-0.2, -0.15) is 0 Å². The van der Waals surface area contributed by atoms with E-state index in [1.807, 2.05) is 61.5 Å². The number of carbonyl (C=O) groups is 2. The van der Waals surface area contributed by atoms with Crippen LogP contribution in [0.1, 0.15) is 21.5 Å². The number of halogens is 1. The van der Waals surface area contributed by atoms with Gasteiger partial charge < -0.3 is 20.4 Å². The van der Waals surface area contributed by atoms with Crippen LogP contribution in [0, 0.1) is 0 Å². The van der Waals surface area contributed by atoms with Crippen LogP contribution in [0.5, 0.6) is 0 Å². The van der Waals surface area contributed by atoms with E-state index in [9.17, 15) is 9.59 Å². The molecule has 1 fully saturated rings. The maximum absolute atomic E-state index is 12.5. The van der Waals surface area contributed by atoms with Crippen LogP contribution in [0.4, 0.5) is 0 Å². The molecule has 7 nitrogen and oxygen atoms in total. The summed E-state index contributed by atoms with van der Waals surface area (Å²) in [4.78, 5) is 32.2. The first-order valence-corrected chi connectivity index (χ1v) is 9.67. The SMILES string of the molecule is CN(C)C(=NCc1ccccc1)NCc1ccc(C(=O)N2CCNC(=O)C2)cc1.I. The van der Waals surface area contributed by atoms with Crippen LogP contribution in [-0.2, 0) is 17.9 Å². The molecule has 1 aliphatic heterocycles. The largest absolute Gasteiger partial charge is 0.353 e. The average Bonchev–Trinajstić information content (AvgIpc) is 2.74. The van der Waals surface area contributed by atoms with Gasteiger partial charge in [0.1, 0.15) is 0 Å². The van der Waals surface area contributed by atoms with Gasteiger partial charge in [0.25, 0.3) is 5.91 Å². The molecule has 0 aromatic heterocycles. The van der Waals surface area contributed by atoms with Gasteiger partial charge in [-0.3, -0.25) is 9.59 Å². The number of guanidine groups is 1. The van der Waals surface area contributed by atoms with Gasteiger partial charge in [0, 0.05) is 39.3 Å². The Bertz CT molecular complexity index is 869. The zero-order valence-electron chi connectivity index (χ0n) is 17.3. The first kappa shape index (κ1) is 23.7. The normalized spacial score (nSPS) is 13.9. The number of nitrogens with one attached hydrogen (secondary N) is 2. The number of carbonyl (C=O) groups excluding carboxylic acids is 2. The van der Waals surface area contributed by atoms with Crippen LogP contribution >= 0.6 is 24.0 Å². The second-order valence-electron chi connectivity index (χ2n) is 7.15. The van der Waals surface area contributed by atoms with Crippen molar-refractivity contribution in [1.82, 2.24) is 20.4 Å². The highest BCUT2D eigenvalue weighted by molar-refractivity contribution is 14.0. The molecule has 3 rings (SSSR count). The lowest BCUT2D eigenvalue weighted by Gasteiger charge is -2.26. The topological polar surface area (TPSA) is 77.0 Å². The smallest absolute Gasteiger partial charge is 0.254 e. The van der Waals surface area contributed by atoms with Gasteiger partial charge in [-0.25, -0.2) is 4.99 Å². The Kier molecular flexibility index (Phi) is 9.10. The van der Waals surface area contributed by atoms with Gasteiger partial charge in [-0.15, -0.1) is 24.0 Å². The quantitative estimate of drug-likeness (QED) is 0.359. The lowest BCUT2D eigenvalue weighted by Crippen LogP contribution is -2.49. The van der Waals surface area contributed by atoms with Crippen LogP contribution in [0.2, 0.25) is 0 Å². The molecule has 160 valence electrons. The number of piperazine rings is 1. The highest BCUT2D eigenvalue weighted by atomic mass is 127. The summed E-state index contributed by atoms with van der Waals surface area (Å²) in [7, 11) is 3.90. The van der Waals surface area contributed by atoms with Gasteiger partial charge in [-0.05, 0) is 23.3 Å². The summed E-state index contributed by atoms with van der Waals surface area (Å²) in [6.45, 7) is 2.37. The molecular weight excluding hydrogens is 493 g/mol. The monoisotopic (exact) mass is 521 g/mol. The summed E-state index contributed by atoms with van der Waals surface area (Å²) in [6.07, 6.45) is 0. The Morgan fingerprint density at radius 1 is 1.10 bits per heavy atom. The van der Waals surface area contributed by atoms with Crippen molar-refractivity contribution in [3.05, 3.63) is 71.3 Å². The fraction of sp³-hybridized carbons (Fsp3) is 0.318. The number of hydrogen-bond donors (Lipinski definition) is 2. The molecule has 30 heavy (non-hydrogen) atoms. The van der Waals surface area contributed by atoms with E-state index in [0.717, 1.165) is 17.1 Å². The van der Waals surface area contributed by atoms with Gasteiger partial charge in [-0.1, -0.05) is 42.5 Å². The fourth-order valence-corrected chi connectivity index (χ4v) is 3.05. The number of aliphatic imine (C=N–C) groups is 1. The summed E-state index contributed by atoms with van der Waals surface area (Å²) < 4.78 is 0. The molecule has 1 saturated heterocycles. The summed E-state index contributed by atoms with van der Waals surface area (Å²) in [5.74, 6) is 0.572. The van der Waals surface area contributed by atoms with Gasteiger partial charge in [0.15, 0.2) is 5.96 Å². The van der Waals surface area contributed by atoms with Crippen LogP contribution in [0.25, 0.3) is 0 Å². The summed E-state index contributed by atoms with van der Waals surface area (Å²) in [5, 5.41) is 6.08. The van der Waals surface area contributed by atoms with E-state index >= 15 is 0 Å². The van der Waals surface area contributed by atoms with Crippen molar-refractivity contribution in [2.45, 2.75) is 13.1 Å². The lowest BCUT2D eigenvalue weighted by atomic mass is 10.1. The zero-order chi connectivity index (χ0) is 20.6. The molecule has 0 unspecified atom stereocenters. The van der Waals surface area contributed by atoms with E-state index in [0.29, 0.717) is 31.7 Å². The van der Waals surface area contributed by atoms with Crippen molar-refractivity contribution < 1.29 is 9.59 Å². The Hall–Kier alpha value is -2.62. The Balaban J connectivity index is 0.00000320. The molecule has 2 aromatic rings. The van der Waals surface area contributed by atoms with Crippen molar-refractivity contribution in [3.63, 3.8) is 0 Å². The van der Waals surface area contributed by atoms with Gasteiger partial charge in [0.05, 0.1) is 13.1 Å². The molecule has 0 radical (unpaired) electrons. The van der Waals surface area contributed by atoms with Crippen LogP contribution in [0.15, 0.2) is 59.6 Å². The number of nitrogens with zero attached hydrogens (tertiary/aromatic N) is 3. The van der Waals surface area contributed by atoms with E-state index in [1.54, 1.807) is 4.90 Å². The maximum Gasteiger partial charge on any atom is 0.254 e. The highest BCUT2D eigenvalue weighted by Crippen LogP contribution is 2.09. The Morgan fingerprint density at radius 3 is 2.43 bits per heavy atom. The molecule has 0 saturated carbocycles. The van der Waals surface area contributed by atoms with Crippen LogP contribution in [-0.4, -0.2) is 61.3 Å². The van der Waals surface area contributed by atoms with E-state index in [2.05, 4.69) is 27.8 Å². The maximum atomic E-state index is 12.5. The van der Waals surface area contributed by atoms with Crippen molar-refractivity contribution in [3.8, 4) is 0 Å². The molecule has 0 aliphatic carbocycles. The highest BCUT2D eigenvalue weighted by Gasteiger charge is 2.22. The third kappa shape index (κ3) is 6.72. The summed E-state index contributed by atoms with van der Waals surface area (Å²) in [6, 6.07) is 17.6. The Morgan fingerprint density at radius 2 is 1.80 bits per heavy atom. The minimum atomic E-state index is -0.114. The molecule has 8 heteroatoms. The number of rotatable bonds is 5. The molecule has 0 spiro atoms. The second-order valence-corrected chi connectivity index (χ2v) is 7.15. The molecule has 0 bridgehead atoms. The molecule has 2 aromatic carbocycles. The molecule has 1 aliphatic rings. The minimum absolute atomic E-state index is 0. The van der Waals surface area contributed by atoms with E-state index in [1.165, 1.54) is 0 Å². The minimum Gasteiger partial charge on any atom is -0.353 e. The molecule has 2 N–H and O–H groups in total. The third-order valence-electron chi connectivity index (χ3n) is 4.65. The summed E-state index contributed by atoms with van der Waals surface area (Å²) >= 11 is 0. The van der Waals surface area contributed by atoms with Crippen LogP contribution < -0.4 is 10.6 Å². The number of amides is 2. The van der Waals surface area contributed by atoms with Crippen molar-refractivity contribution >= 4 is 41.8 Å². The first-order valence-electron chi connectivity index (χ1n) is 9.67. The lowest BCUT2D eigenvalue weighted by molar-refractivity contribution is -0.123. The summed E-state index contributed by atoms with van der Waals surface area (Å²) in [5.41, 5.74) is 2.80. The van der Waals surface area contributed by atoms with E-state index in [4.69, 9.17) is 0 Å². The van der Waals surface area contributed by atoms with Gasteiger partial charge >= 0.3 is 0 Å². The van der Waals surface area contributed by atoms with Crippen LogP contribution in [0.3, 0.4) is 0 Å². The standard InChI is InChI=1S/C22H27N5O2.HI/c1-26(2)22(24-14-17-6-4-3-5-7-17)25-15-18-8-10-19(11-9-18)21(29)27-13-12-23-20(28)16-27;/h3-11H,12-16H2,1-2H3,(H,23,28)(H,24,25);1H. The zero-order valence-corrected chi connectivity index (χ0v) is 19.6. The van der Waals surface area contributed by atoms with Crippen molar-refractivity contribution in [1.29, 1.82) is 0 Å². The van der Waals surface area contributed by atoms with Gasteiger partial charge in [0.2, 0.25) is 5.91 Å². The van der Waals surface area contributed by atoms with E-state index in [-0.39, 0.29) is 42.3 Å². The van der Waals surface area contributed by atoms with Crippen molar-refractivity contribution in [2.24, 2.45) is 4.99 Å². The first-order chi connectivity index (χ1) is 14.0. The predicted octanol–water partition coefficient (Wildman–Crippen LogP) is 2.08. The Labute approximate surface area is 194 Å². The van der Waals surface area contributed by atoms with E-state index < -0.39 is 0 Å². The average molecular weight is 521 g/mol. The fourth-order valence-electron chi connectivity index (χ4n) is 3.05. The molecule has 0 atom stereocenters. The van der Waals surface area contributed by atoms with Crippen molar-refractivity contribution in [2.75, 3.05) is 33.7 Å². The number of hydrogen-bond acceptors (Lipinski definition) is 3. The third-order valence-corrected chi connectivity index (χ3v) is 4.65. The second kappa shape index (κ2) is 11.5. The predicted molar refractivity (Wildman–Crippen MR) is 129 cm³/mol. The molecular formula is C22H28IN5O2. The molecule has 1 heterocycles. The molecule has 2 amide bonds.